The van der Waals surface area contributed by atoms with Gasteiger partial charge in [0, 0.05) is 50.1 Å². The van der Waals surface area contributed by atoms with Crippen LogP contribution in [-0.2, 0) is 4.79 Å². The average molecular weight is 531 g/mol. The lowest BCUT2D eigenvalue weighted by atomic mass is 9.77. The van der Waals surface area contributed by atoms with Crippen LogP contribution in [0.2, 0.25) is 0 Å². The van der Waals surface area contributed by atoms with Crippen LogP contribution in [0.25, 0.3) is 0 Å². The van der Waals surface area contributed by atoms with Gasteiger partial charge >= 0.3 is 0 Å². The van der Waals surface area contributed by atoms with Crippen LogP contribution in [0.5, 0.6) is 0 Å². The van der Waals surface area contributed by atoms with E-state index < -0.39 is 0 Å². The maximum absolute atomic E-state index is 12.9. The molecule has 39 heavy (non-hydrogen) atoms. The van der Waals surface area contributed by atoms with Crippen molar-refractivity contribution in [2.24, 2.45) is 10.9 Å². The standard InChI is InChI=1S/C30H42N8O/c1-20-16-36(17-21(2)37(20)18-22-6-7-22)24-9-11-26(31-15-24)34-29-32-14-23-8-10-25-28(39)33-19-30(12-4-3-5-13-30)38(25)27(23)35-29/h8-11,14-15,20-22,25,29,35H,3-7,12-13,16-19H2,1-2H3,(H,31,34)(H,33,39). The lowest BCUT2D eigenvalue weighted by molar-refractivity contribution is -0.132. The fraction of sp³-hybridized carbons (Fsp3) is 0.633. The Bertz CT molecular complexity index is 1170. The van der Waals surface area contributed by atoms with Gasteiger partial charge in [-0.05, 0) is 57.6 Å². The Morgan fingerprint density at radius 3 is 2.62 bits per heavy atom. The summed E-state index contributed by atoms with van der Waals surface area (Å²) in [6.07, 6.45) is 16.3. The first-order chi connectivity index (χ1) is 19.0. The number of nitrogens with zero attached hydrogens (tertiary/aromatic N) is 5. The first-order valence-electron chi connectivity index (χ1n) is 15.0. The number of amides is 1. The van der Waals surface area contributed by atoms with Crippen LogP contribution in [0.1, 0.15) is 58.8 Å². The maximum atomic E-state index is 12.9. The summed E-state index contributed by atoms with van der Waals surface area (Å²) in [6.45, 7) is 8.76. The zero-order chi connectivity index (χ0) is 26.6. The van der Waals surface area contributed by atoms with E-state index in [1.54, 1.807) is 0 Å². The zero-order valence-electron chi connectivity index (χ0n) is 23.3. The molecule has 208 valence electrons. The third-order valence-electron chi connectivity index (χ3n) is 9.71. The highest BCUT2D eigenvalue weighted by molar-refractivity contribution is 5.90. The van der Waals surface area contributed by atoms with Crippen LogP contribution in [0.3, 0.4) is 0 Å². The van der Waals surface area contributed by atoms with Crippen LogP contribution >= 0.6 is 0 Å². The molecule has 5 heterocycles. The molecule has 4 aliphatic heterocycles. The number of carbonyl (C=O) groups is 1. The van der Waals surface area contributed by atoms with Gasteiger partial charge in [0.15, 0.2) is 6.29 Å². The second kappa shape index (κ2) is 9.84. The molecule has 9 heteroatoms. The highest BCUT2D eigenvalue weighted by atomic mass is 16.2. The van der Waals surface area contributed by atoms with E-state index in [9.17, 15) is 4.79 Å². The second-order valence-corrected chi connectivity index (χ2v) is 12.6. The lowest BCUT2D eigenvalue weighted by Gasteiger charge is -2.55. The molecule has 7 rings (SSSR count). The molecule has 1 aromatic rings. The average Bonchev–Trinajstić information content (AvgIpc) is 3.78. The Balaban J connectivity index is 1.03. The zero-order valence-corrected chi connectivity index (χ0v) is 23.3. The minimum atomic E-state index is -0.342. The fourth-order valence-corrected chi connectivity index (χ4v) is 7.42. The fourth-order valence-electron chi connectivity index (χ4n) is 7.42. The predicted octanol–water partition coefficient (Wildman–Crippen LogP) is 3.04. The number of hydrogen-bond donors (Lipinski definition) is 3. The summed E-state index contributed by atoms with van der Waals surface area (Å²) in [5.41, 5.74) is 2.17. The van der Waals surface area contributed by atoms with E-state index >= 15 is 0 Å². The topological polar surface area (TPSA) is 88.1 Å². The molecule has 0 bridgehead atoms. The van der Waals surface area contributed by atoms with Crippen LogP contribution in [0.15, 0.2) is 46.9 Å². The van der Waals surface area contributed by atoms with E-state index in [1.165, 1.54) is 44.3 Å². The van der Waals surface area contributed by atoms with Gasteiger partial charge in [-0.25, -0.2) is 9.98 Å². The van der Waals surface area contributed by atoms with Crippen molar-refractivity contribution in [2.75, 3.05) is 36.4 Å². The molecule has 4 fully saturated rings. The van der Waals surface area contributed by atoms with Gasteiger partial charge in [0.2, 0.25) is 5.91 Å². The Morgan fingerprint density at radius 2 is 1.90 bits per heavy atom. The van der Waals surface area contributed by atoms with E-state index in [4.69, 9.17) is 9.98 Å². The first kappa shape index (κ1) is 24.9. The Hall–Kier alpha value is -3.07. The molecule has 3 N–H and O–H groups in total. The first-order valence-corrected chi connectivity index (χ1v) is 15.0. The van der Waals surface area contributed by atoms with E-state index in [0.717, 1.165) is 49.1 Å². The lowest BCUT2D eigenvalue weighted by Crippen LogP contribution is -2.70. The number of nitrogens with one attached hydrogen (secondary N) is 3. The molecule has 1 aromatic heterocycles. The molecule has 9 nitrogen and oxygen atoms in total. The molecule has 2 aliphatic carbocycles. The summed E-state index contributed by atoms with van der Waals surface area (Å²) in [4.78, 5) is 29.9. The molecule has 6 aliphatic rings. The van der Waals surface area contributed by atoms with Gasteiger partial charge in [-0.15, -0.1) is 0 Å². The Morgan fingerprint density at radius 1 is 1.10 bits per heavy atom. The second-order valence-electron chi connectivity index (χ2n) is 12.6. The molecule has 1 spiro atoms. The Labute approximate surface area is 231 Å². The molecule has 0 aromatic carbocycles. The number of pyridine rings is 1. The minimum absolute atomic E-state index is 0.0399. The van der Waals surface area contributed by atoms with Crippen molar-refractivity contribution < 1.29 is 4.79 Å². The van der Waals surface area contributed by atoms with Gasteiger partial charge in [-0.1, -0.05) is 31.4 Å². The smallest absolute Gasteiger partial charge is 0.246 e. The molecule has 2 saturated carbocycles. The summed E-state index contributed by atoms with van der Waals surface area (Å²) < 4.78 is 0. The maximum Gasteiger partial charge on any atom is 0.246 e. The summed E-state index contributed by atoms with van der Waals surface area (Å²) in [5.74, 6) is 2.80. The monoisotopic (exact) mass is 530 g/mol. The van der Waals surface area contributed by atoms with E-state index in [2.05, 4.69) is 56.6 Å². The van der Waals surface area contributed by atoms with Gasteiger partial charge in [-0.2, -0.15) is 0 Å². The van der Waals surface area contributed by atoms with Crippen molar-refractivity contribution in [3.8, 4) is 0 Å². The van der Waals surface area contributed by atoms with Crippen molar-refractivity contribution in [1.82, 2.24) is 25.4 Å². The summed E-state index contributed by atoms with van der Waals surface area (Å²) in [7, 11) is 0. The van der Waals surface area contributed by atoms with Crippen molar-refractivity contribution >= 4 is 23.6 Å². The van der Waals surface area contributed by atoms with Crippen LogP contribution in [0.4, 0.5) is 11.5 Å². The molecular weight excluding hydrogens is 488 g/mol. The van der Waals surface area contributed by atoms with Gasteiger partial charge in [-0.3, -0.25) is 9.69 Å². The molecule has 1 amide bonds. The van der Waals surface area contributed by atoms with Crippen LogP contribution in [0, 0.1) is 5.92 Å². The number of fused-ring (bicyclic) bond motifs is 3. The van der Waals surface area contributed by atoms with Crippen molar-refractivity contribution in [2.45, 2.75) is 88.7 Å². The Kier molecular flexibility index (Phi) is 6.29. The van der Waals surface area contributed by atoms with Gasteiger partial charge in [0.1, 0.15) is 17.7 Å². The van der Waals surface area contributed by atoms with Crippen molar-refractivity contribution in [3.05, 3.63) is 41.9 Å². The largest absolute Gasteiger partial charge is 0.367 e. The van der Waals surface area contributed by atoms with Gasteiger partial charge in [0.25, 0.3) is 0 Å². The van der Waals surface area contributed by atoms with Crippen molar-refractivity contribution in [3.63, 3.8) is 0 Å². The normalized spacial score (nSPS) is 32.0. The molecule has 4 atom stereocenters. The molecule has 2 saturated heterocycles. The van der Waals surface area contributed by atoms with E-state index in [1.807, 2.05) is 24.6 Å². The summed E-state index contributed by atoms with van der Waals surface area (Å²) >= 11 is 0. The molecular formula is C30H42N8O. The highest BCUT2D eigenvalue weighted by Gasteiger charge is 2.49. The number of anilines is 2. The van der Waals surface area contributed by atoms with Gasteiger partial charge in [0.05, 0.1) is 17.4 Å². The number of aromatic nitrogens is 1. The highest BCUT2D eigenvalue weighted by Crippen LogP contribution is 2.41. The predicted molar refractivity (Wildman–Crippen MR) is 154 cm³/mol. The van der Waals surface area contributed by atoms with E-state index in [0.29, 0.717) is 18.6 Å². The number of piperazine rings is 2. The number of aliphatic imine (C=N–C) groups is 1. The SMILES string of the molecule is CC1CN(c2ccc(NC3N=CC4=C(N3)N3C(C=C4)C(=O)NCC34CCCCC4)nc2)CC(C)N1CC1CC1. The number of allylic oxidation sites excluding steroid dienone is 2. The molecule has 4 unspecified atom stereocenters. The number of rotatable bonds is 5. The van der Waals surface area contributed by atoms with Crippen LogP contribution in [-0.4, -0.2) is 83.0 Å². The molecule has 0 radical (unpaired) electrons. The quantitative estimate of drug-likeness (QED) is 0.539. The summed E-state index contributed by atoms with van der Waals surface area (Å²) in [6, 6.07) is 5.06. The third kappa shape index (κ3) is 4.68. The van der Waals surface area contributed by atoms with E-state index in [-0.39, 0.29) is 23.8 Å². The minimum Gasteiger partial charge on any atom is -0.367 e. The van der Waals surface area contributed by atoms with Crippen LogP contribution < -0.4 is 20.9 Å². The number of carbonyl (C=O) groups excluding carboxylic acids is 1. The third-order valence-corrected chi connectivity index (χ3v) is 9.71. The number of hydrogen-bond acceptors (Lipinski definition) is 8. The van der Waals surface area contributed by atoms with Gasteiger partial charge < -0.3 is 25.8 Å². The van der Waals surface area contributed by atoms with Crippen molar-refractivity contribution in [1.29, 1.82) is 0 Å². The summed E-state index contributed by atoms with van der Waals surface area (Å²) in [5, 5.41) is 10.3.